The Labute approximate surface area is 138 Å². The summed E-state index contributed by atoms with van der Waals surface area (Å²) >= 11 is 0. The molecule has 0 spiro atoms. The van der Waals surface area contributed by atoms with Crippen LogP contribution in [-0.2, 0) is 4.79 Å². The average molecular weight is 317 g/mol. The monoisotopic (exact) mass is 317 g/mol. The number of nitrogens with one attached hydrogen (secondary N) is 1. The zero-order chi connectivity index (χ0) is 17.0. The van der Waals surface area contributed by atoms with E-state index in [4.69, 9.17) is 0 Å². The third kappa shape index (κ3) is 4.47. The lowest BCUT2D eigenvalue weighted by atomic mass is 9.94. The third-order valence-corrected chi connectivity index (χ3v) is 4.14. The van der Waals surface area contributed by atoms with Gasteiger partial charge >= 0.3 is 6.03 Å². The molecule has 3 amide bonds. The SMILES string of the molecule is CC(NC(=O)N1CCN(C(=O)C(C)(C)C)CC1)c1ccccc1. The second-order valence-electron chi connectivity index (χ2n) is 7.11. The number of benzene rings is 1. The molecule has 1 unspecified atom stereocenters. The maximum Gasteiger partial charge on any atom is 0.317 e. The van der Waals surface area contributed by atoms with Crippen LogP contribution in [0.3, 0.4) is 0 Å². The van der Waals surface area contributed by atoms with E-state index in [1.54, 1.807) is 4.90 Å². The van der Waals surface area contributed by atoms with Gasteiger partial charge in [-0.3, -0.25) is 4.79 Å². The highest BCUT2D eigenvalue weighted by Crippen LogP contribution is 2.19. The van der Waals surface area contributed by atoms with Crippen molar-refractivity contribution in [2.75, 3.05) is 26.2 Å². The second-order valence-corrected chi connectivity index (χ2v) is 7.11. The van der Waals surface area contributed by atoms with Crippen molar-refractivity contribution in [1.29, 1.82) is 0 Å². The number of nitrogens with zero attached hydrogens (tertiary/aromatic N) is 2. The Morgan fingerprint density at radius 2 is 1.52 bits per heavy atom. The molecule has 1 N–H and O–H groups in total. The van der Waals surface area contributed by atoms with Crippen LogP contribution in [0, 0.1) is 5.41 Å². The molecule has 1 fully saturated rings. The Morgan fingerprint density at radius 1 is 1.00 bits per heavy atom. The molecule has 5 nitrogen and oxygen atoms in total. The lowest BCUT2D eigenvalue weighted by molar-refractivity contribution is -0.140. The van der Waals surface area contributed by atoms with Crippen molar-refractivity contribution in [3.05, 3.63) is 35.9 Å². The fraction of sp³-hybridized carbons (Fsp3) is 0.556. The van der Waals surface area contributed by atoms with E-state index >= 15 is 0 Å². The van der Waals surface area contributed by atoms with Crippen LogP contribution in [0.1, 0.15) is 39.3 Å². The molecule has 0 saturated carbocycles. The Bertz CT molecular complexity index is 543. The van der Waals surface area contributed by atoms with Crippen LogP contribution in [0.5, 0.6) is 0 Å². The summed E-state index contributed by atoms with van der Waals surface area (Å²) in [6.45, 7) is 10.1. The van der Waals surface area contributed by atoms with Crippen molar-refractivity contribution in [3.8, 4) is 0 Å². The van der Waals surface area contributed by atoms with E-state index in [1.165, 1.54) is 0 Å². The molecule has 0 aromatic heterocycles. The van der Waals surface area contributed by atoms with Gasteiger partial charge < -0.3 is 15.1 Å². The topological polar surface area (TPSA) is 52.7 Å². The first kappa shape index (κ1) is 17.3. The summed E-state index contributed by atoms with van der Waals surface area (Å²) in [6, 6.07) is 9.81. The molecule has 1 aromatic carbocycles. The number of hydrogen-bond acceptors (Lipinski definition) is 2. The van der Waals surface area contributed by atoms with Gasteiger partial charge in [0.15, 0.2) is 0 Å². The van der Waals surface area contributed by atoms with Gasteiger partial charge in [-0.05, 0) is 12.5 Å². The fourth-order valence-electron chi connectivity index (χ4n) is 2.69. The van der Waals surface area contributed by atoms with E-state index in [9.17, 15) is 9.59 Å². The molecule has 126 valence electrons. The molecular formula is C18H27N3O2. The van der Waals surface area contributed by atoms with Crippen LogP contribution in [0.2, 0.25) is 0 Å². The molecule has 1 aromatic rings. The van der Waals surface area contributed by atoms with Crippen LogP contribution in [0.25, 0.3) is 0 Å². The van der Waals surface area contributed by atoms with Gasteiger partial charge in [-0.2, -0.15) is 0 Å². The van der Waals surface area contributed by atoms with Gasteiger partial charge in [0.05, 0.1) is 6.04 Å². The molecule has 0 bridgehead atoms. The zero-order valence-electron chi connectivity index (χ0n) is 14.5. The van der Waals surface area contributed by atoms with E-state index < -0.39 is 0 Å². The Morgan fingerprint density at radius 3 is 2.04 bits per heavy atom. The third-order valence-electron chi connectivity index (χ3n) is 4.14. The molecule has 1 atom stereocenters. The maximum absolute atomic E-state index is 12.4. The van der Waals surface area contributed by atoms with Gasteiger partial charge in [0, 0.05) is 31.6 Å². The number of rotatable bonds is 2. The Kier molecular flexibility index (Phi) is 5.29. The highest BCUT2D eigenvalue weighted by atomic mass is 16.2. The van der Waals surface area contributed by atoms with Crippen molar-refractivity contribution in [2.24, 2.45) is 5.41 Å². The predicted molar refractivity (Wildman–Crippen MR) is 91.0 cm³/mol. The zero-order valence-corrected chi connectivity index (χ0v) is 14.5. The van der Waals surface area contributed by atoms with E-state index in [1.807, 2.05) is 62.9 Å². The standard InChI is InChI=1S/C18H27N3O2/c1-14(15-8-6-5-7-9-15)19-17(23)21-12-10-20(11-13-21)16(22)18(2,3)4/h5-9,14H,10-13H2,1-4H3,(H,19,23). The summed E-state index contributed by atoms with van der Waals surface area (Å²) in [5.41, 5.74) is 0.717. The van der Waals surface area contributed by atoms with Crippen molar-refractivity contribution in [3.63, 3.8) is 0 Å². The first-order valence-electron chi connectivity index (χ1n) is 8.19. The second kappa shape index (κ2) is 7.02. The summed E-state index contributed by atoms with van der Waals surface area (Å²) in [5, 5.41) is 3.02. The number of carbonyl (C=O) groups is 2. The lowest BCUT2D eigenvalue weighted by Gasteiger charge is -2.38. The Hall–Kier alpha value is -2.04. The lowest BCUT2D eigenvalue weighted by Crippen LogP contribution is -2.55. The van der Waals surface area contributed by atoms with Crippen LogP contribution in [0.15, 0.2) is 30.3 Å². The number of carbonyl (C=O) groups excluding carboxylic acids is 2. The number of urea groups is 1. The van der Waals surface area contributed by atoms with Gasteiger partial charge in [-0.15, -0.1) is 0 Å². The smallest absolute Gasteiger partial charge is 0.317 e. The highest BCUT2D eigenvalue weighted by molar-refractivity contribution is 5.82. The molecule has 0 radical (unpaired) electrons. The summed E-state index contributed by atoms with van der Waals surface area (Å²) in [7, 11) is 0. The minimum Gasteiger partial charge on any atom is -0.339 e. The molecule has 1 aliphatic heterocycles. The van der Waals surface area contributed by atoms with Gasteiger partial charge in [0.1, 0.15) is 0 Å². The number of amides is 3. The largest absolute Gasteiger partial charge is 0.339 e. The van der Waals surface area contributed by atoms with E-state index in [0.29, 0.717) is 26.2 Å². The van der Waals surface area contributed by atoms with Gasteiger partial charge in [0.25, 0.3) is 0 Å². The van der Waals surface area contributed by atoms with E-state index in [0.717, 1.165) is 5.56 Å². The average Bonchev–Trinajstić information content (AvgIpc) is 2.54. The quantitative estimate of drug-likeness (QED) is 0.911. The summed E-state index contributed by atoms with van der Waals surface area (Å²) in [5.74, 6) is 0.148. The van der Waals surface area contributed by atoms with Crippen molar-refractivity contribution >= 4 is 11.9 Å². The van der Waals surface area contributed by atoms with E-state index in [2.05, 4.69) is 5.32 Å². The van der Waals surface area contributed by atoms with Crippen LogP contribution >= 0.6 is 0 Å². The molecule has 1 saturated heterocycles. The molecule has 1 heterocycles. The van der Waals surface area contributed by atoms with Crippen molar-refractivity contribution in [1.82, 2.24) is 15.1 Å². The van der Waals surface area contributed by atoms with Gasteiger partial charge in [0.2, 0.25) is 5.91 Å². The molecule has 23 heavy (non-hydrogen) atoms. The molecule has 1 aliphatic rings. The summed E-state index contributed by atoms with van der Waals surface area (Å²) < 4.78 is 0. The minimum atomic E-state index is -0.369. The van der Waals surface area contributed by atoms with Gasteiger partial charge in [-0.25, -0.2) is 4.79 Å². The van der Waals surface area contributed by atoms with Crippen molar-refractivity contribution < 1.29 is 9.59 Å². The molecule has 2 rings (SSSR count). The minimum absolute atomic E-state index is 0.0297. The molecule has 0 aliphatic carbocycles. The highest BCUT2D eigenvalue weighted by Gasteiger charge is 2.31. The molecule has 5 heteroatoms. The van der Waals surface area contributed by atoms with Crippen LogP contribution in [0.4, 0.5) is 4.79 Å². The van der Waals surface area contributed by atoms with E-state index in [-0.39, 0.29) is 23.4 Å². The first-order valence-corrected chi connectivity index (χ1v) is 8.19. The maximum atomic E-state index is 12.4. The van der Waals surface area contributed by atoms with Crippen molar-refractivity contribution in [2.45, 2.75) is 33.7 Å². The van der Waals surface area contributed by atoms with Gasteiger partial charge in [-0.1, -0.05) is 51.1 Å². The number of piperazine rings is 1. The van der Waals surface area contributed by atoms with Crippen LogP contribution < -0.4 is 5.32 Å². The Balaban J connectivity index is 1.85. The predicted octanol–water partition coefficient (Wildman–Crippen LogP) is 2.65. The number of hydrogen-bond donors (Lipinski definition) is 1. The molecular weight excluding hydrogens is 290 g/mol. The summed E-state index contributed by atoms with van der Waals surface area (Å²) in [6.07, 6.45) is 0. The normalized spacial score (nSPS) is 16.9. The fourth-order valence-corrected chi connectivity index (χ4v) is 2.69. The summed E-state index contributed by atoms with van der Waals surface area (Å²) in [4.78, 5) is 28.3. The first-order chi connectivity index (χ1) is 10.8. The van der Waals surface area contributed by atoms with Crippen LogP contribution in [-0.4, -0.2) is 47.9 Å².